The van der Waals surface area contributed by atoms with Crippen molar-refractivity contribution in [3.05, 3.63) is 23.0 Å². The normalized spacial score (nSPS) is 13.1. The molecular weight excluding hydrogens is 277 g/mol. The number of imidazole rings is 1. The van der Waals surface area contributed by atoms with Crippen LogP contribution in [0.1, 0.15) is 6.92 Å². The van der Waals surface area contributed by atoms with Gasteiger partial charge in [-0.2, -0.15) is 0 Å². The standard InChI is InChI=1S/C11H13ClFN3OS/c1-2-18(17)4-3-16-10-5-7(12)8(13)6-9(10)15-11(16)14/h5-6H,2-4H2,1H3,(H2,14,15). The number of aryl methyl sites for hydroxylation is 1. The van der Waals surface area contributed by atoms with Gasteiger partial charge in [0.15, 0.2) is 0 Å². The van der Waals surface area contributed by atoms with Gasteiger partial charge in [0.25, 0.3) is 0 Å². The second kappa shape index (κ2) is 5.24. The molecule has 0 aliphatic heterocycles. The molecule has 0 aliphatic carbocycles. The molecule has 7 heteroatoms. The van der Waals surface area contributed by atoms with E-state index >= 15 is 0 Å². The predicted molar refractivity (Wildman–Crippen MR) is 72.7 cm³/mol. The van der Waals surface area contributed by atoms with E-state index in [0.717, 1.165) is 0 Å². The highest BCUT2D eigenvalue weighted by Crippen LogP contribution is 2.24. The zero-order chi connectivity index (χ0) is 13.3. The summed E-state index contributed by atoms with van der Waals surface area (Å²) in [6.07, 6.45) is 0. The minimum Gasteiger partial charge on any atom is -0.369 e. The van der Waals surface area contributed by atoms with E-state index in [9.17, 15) is 8.60 Å². The van der Waals surface area contributed by atoms with Gasteiger partial charge in [0.05, 0.1) is 16.1 Å². The molecule has 0 radical (unpaired) electrons. The Kier molecular flexibility index (Phi) is 3.87. The van der Waals surface area contributed by atoms with Gasteiger partial charge >= 0.3 is 0 Å². The van der Waals surface area contributed by atoms with E-state index in [0.29, 0.717) is 29.1 Å². The second-order valence-electron chi connectivity index (χ2n) is 3.81. The third-order valence-electron chi connectivity index (χ3n) is 2.68. The van der Waals surface area contributed by atoms with Crippen molar-refractivity contribution < 1.29 is 8.60 Å². The van der Waals surface area contributed by atoms with Crippen LogP contribution in [0.2, 0.25) is 5.02 Å². The molecule has 0 aliphatic rings. The van der Waals surface area contributed by atoms with Gasteiger partial charge in [0, 0.05) is 34.9 Å². The number of aromatic nitrogens is 2. The summed E-state index contributed by atoms with van der Waals surface area (Å²) in [5.41, 5.74) is 6.88. The van der Waals surface area contributed by atoms with E-state index in [2.05, 4.69) is 4.98 Å². The maximum atomic E-state index is 13.3. The maximum Gasteiger partial charge on any atom is 0.201 e. The van der Waals surface area contributed by atoms with Gasteiger partial charge in [-0.25, -0.2) is 9.37 Å². The van der Waals surface area contributed by atoms with E-state index < -0.39 is 16.6 Å². The number of hydrogen-bond donors (Lipinski definition) is 1. The molecule has 0 fully saturated rings. The summed E-state index contributed by atoms with van der Waals surface area (Å²) in [4.78, 5) is 4.06. The average Bonchev–Trinajstić information content (AvgIpc) is 2.62. The molecule has 0 amide bonds. The highest BCUT2D eigenvalue weighted by Gasteiger charge is 2.12. The van der Waals surface area contributed by atoms with Crippen LogP contribution in [0.15, 0.2) is 12.1 Å². The van der Waals surface area contributed by atoms with Crippen LogP contribution in [0.3, 0.4) is 0 Å². The van der Waals surface area contributed by atoms with E-state index in [4.69, 9.17) is 17.3 Å². The van der Waals surface area contributed by atoms with Crippen molar-refractivity contribution in [2.24, 2.45) is 0 Å². The minimum absolute atomic E-state index is 0.0280. The van der Waals surface area contributed by atoms with E-state index in [1.807, 2.05) is 6.92 Å². The molecule has 1 aromatic heterocycles. The lowest BCUT2D eigenvalue weighted by atomic mass is 10.3. The summed E-state index contributed by atoms with van der Waals surface area (Å²) < 4.78 is 26.4. The smallest absolute Gasteiger partial charge is 0.201 e. The number of rotatable bonds is 4. The third kappa shape index (κ3) is 2.49. The van der Waals surface area contributed by atoms with Crippen LogP contribution >= 0.6 is 11.6 Å². The van der Waals surface area contributed by atoms with Gasteiger partial charge in [0.2, 0.25) is 5.95 Å². The van der Waals surface area contributed by atoms with Crippen LogP contribution in [0, 0.1) is 5.82 Å². The highest BCUT2D eigenvalue weighted by atomic mass is 35.5. The van der Waals surface area contributed by atoms with Crippen LogP contribution in [-0.2, 0) is 17.3 Å². The van der Waals surface area contributed by atoms with Gasteiger partial charge in [0.1, 0.15) is 5.82 Å². The van der Waals surface area contributed by atoms with Crippen molar-refractivity contribution in [1.29, 1.82) is 0 Å². The van der Waals surface area contributed by atoms with Crippen molar-refractivity contribution >= 4 is 39.4 Å². The first-order valence-corrected chi connectivity index (χ1v) is 7.35. The zero-order valence-electron chi connectivity index (χ0n) is 9.82. The first-order valence-electron chi connectivity index (χ1n) is 5.48. The molecular formula is C11H13ClFN3OS. The van der Waals surface area contributed by atoms with Gasteiger partial charge in [-0.05, 0) is 6.07 Å². The van der Waals surface area contributed by atoms with Crippen LogP contribution in [0.4, 0.5) is 10.3 Å². The largest absolute Gasteiger partial charge is 0.369 e. The Hall–Kier alpha value is -1.14. The first-order chi connectivity index (χ1) is 8.52. The quantitative estimate of drug-likeness (QED) is 0.938. The Morgan fingerprint density at radius 2 is 2.28 bits per heavy atom. The summed E-state index contributed by atoms with van der Waals surface area (Å²) in [5.74, 6) is 0.842. The lowest BCUT2D eigenvalue weighted by Gasteiger charge is -2.06. The molecule has 1 heterocycles. The minimum atomic E-state index is -0.884. The molecule has 98 valence electrons. The fourth-order valence-corrected chi connectivity index (χ4v) is 2.54. The van der Waals surface area contributed by atoms with Gasteiger partial charge in [-0.1, -0.05) is 18.5 Å². The van der Waals surface area contributed by atoms with Crippen molar-refractivity contribution in [3.63, 3.8) is 0 Å². The fourth-order valence-electron chi connectivity index (χ4n) is 1.71. The Morgan fingerprint density at radius 1 is 1.56 bits per heavy atom. The molecule has 0 saturated carbocycles. The number of anilines is 1. The number of benzene rings is 1. The summed E-state index contributed by atoms with van der Waals surface area (Å²) >= 11 is 5.74. The lowest BCUT2D eigenvalue weighted by molar-refractivity contribution is 0.629. The van der Waals surface area contributed by atoms with E-state index in [1.54, 1.807) is 4.57 Å². The molecule has 1 aromatic carbocycles. The molecule has 4 nitrogen and oxygen atoms in total. The van der Waals surface area contributed by atoms with Crippen molar-refractivity contribution in [2.45, 2.75) is 13.5 Å². The Labute approximate surface area is 111 Å². The van der Waals surface area contributed by atoms with Crippen molar-refractivity contribution in [3.8, 4) is 0 Å². The van der Waals surface area contributed by atoms with E-state index in [-0.39, 0.29) is 11.0 Å². The Balaban J connectivity index is 2.40. The average molecular weight is 290 g/mol. The van der Waals surface area contributed by atoms with Crippen LogP contribution in [0.25, 0.3) is 11.0 Å². The molecule has 2 aromatic rings. The van der Waals surface area contributed by atoms with Gasteiger partial charge in [-0.15, -0.1) is 0 Å². The van der Waals surface area contributed by atoms with Gasteiger partial charge < -0.3 is 10.3 Å². The zero-order valence-corrected chi connectivity index (χ0v) is 11.4. The highest BCUT2D eigenvalue weighted by molar-refractivity contribution is 7.84. The molecule has 18 heavy (non-hydrogen) atoms. The predicted octanol–water partition coefficient (Wildman–Crippen LogP) is 2.18. The van der Waals surface area contributed by atoms with Crippen LogP contribution < -0.4 is 5.73 Å². The lowest BCUT2D eigenvalue weighted by Crippen LogP contribution is -2.11. The second-order valence-corrected chi connectivity index (χ2v) is 6.08. The number of nitrogens with two attached hydrogens (primary N) is 1. The van der Waals surface area contributed by atoms with E-state index in [1.165, 1.54) is 12.1 Å². The number of hydrogen-bond acceptors (Lipinski definition) is 3. The van der Waals surface area contributed by atoms with Crippen LogP contribution in [0.5, 0.6) is 0 Å². The summed E-state index contributed by atoms with van der Waals surface area (Å²) in [7, 11) is -0.884. The Morgan fingerprint density at radius 3 is 2.94 bits per heavy atom. The Bertz CT molecular complexity index is 614. The van der Waals surface area contributed by atoms with Gasteiger partial charge in [-0.3, -0.25) is 4.21 Å². The van der Waals surface area contributed by atoms with Crippen molar-refractivity contribution in [1.82, 2.24) is 9.55 Å². The first kappa shape index (κ1) is 13.3. The molecule has 0 bridgehead atoms. The molecule has 0 saturated heterocycles. The molecule has 2 rings (SSSR count). The topological polar surface area (TPSA) is 60.9 Å². The fraction of sp³-hybridized carbons (Fsp3) is 0.364. The molecule has 1 unspecified atom stereocenters. The number of halogens is 2. The monoisotopic (exact) mass is 289 g/mol. The SMILES string of the molecule is CCS(=O)CCn1c(N)nc2cc(F)c(Cl)cc21. The maximum absolute atomic E-state index is 13.3. The summed E-state index contributed by atoms with van der Waals surface area (Å²) in [6, 6.07) is 2.74. The third-order valence-corrected chi connectivity index (χ3v) is 4.26. The van der Waals surface area contributed by atoms with Crippen LogP contribution in [-0.4, -0.2) is 25.3 Å². The van der Waals surface area contributed by atoms with Crippen molar-refractivity contribution in [2.75, 3.05) is 17.2 Å². The summed E-state index contributed by atoms with van der Waals surface area (Å²) in [5, 5.41) is 0.0280. The summed E-state index contributed by atoms with van der Waals surface area (Å²) in [6.45, 7) is 2.34. The molecule has 1 atom stereocenters. The number of fused-ring (bicyclic) bond motifs is 1. The molecule has 2 N–H and O–H groups in total. The number of nitrogens with zero attached hydrogens (tertiary/aromatic N) is 2. The molecule has 0 spiro atoms. The number of nitrogen functional groups attached to an aromatic ring is 1.